The van der Waals surface area contributed by atoms with Gasteiger partial charge in [0.2, 0.25) is 0 Å². The number of aliphatic imine (C=N–C) groups is 1. The van der Waals surface area contributed by atoms with Crippen LogP contribution in [-0.4, -0.2) is 49.7 Å². The molecule has 2 aliphatic heterocycles. The second-order valence-electron chi connectivity index (χ2n) is 4.36. The second-order valence-corrected chi connectivity index (χ2v) is 4.36. The fraction of sp³-hybridized carbons (Fsp3) is 0.429. The van der Waals surface area contributed by atoms with Crippen LogP contribution < -0.4 is 0 Å². The summed E-state index contributed by atoms with van der Waals surface area (Å²) in [5.41, 5.74) is 1.13. The van der Waals surface area contributed by atoms with E-state index in [1.165, 1.54) is 11.0 Å². The molecule has 0 aromatic heterocycles. The van der Waals surface area contributed by atoms with Gasteiger partial charge in [0, 0.05) is 6.08 Å². The van der Waals surface area contributed by atoms with Crippen molar-refractivity contribution in [2.75, 3.05) is 26.9 Å². The molecule has 0 atom stereocenters. The average Bonchev–Trinajstić information content (AvgIpc) is 2.95. The van der Waals surface area contributed by atoms with Crippen LogP contribution >= 0.6 is 0 Å². The van der Waals surface area contributed by atoms with E-state index in [9.17, 15) is 4.79 Å². The molecule has 6 heteroatoms. The van der Waals surface area contributed by atoms with Crippen LogP contribution in [0.25, 0.3) is 0 Å². The summed E-state index contributed by atoms with van der Waals surface area (Å²) in [5.74, 6) is 0.519. The molecule has 108 valence electrons. The summed E-state index contributed by atoms with van der Waals surface area (Å²) >= 11 is 0. The lowest BCUT2D eigenvalue weighted by Gasteiger charge is -2.28. The molecule has 1 amide bonds. The van der Waals surface area contributed by atoms with Gasteiger partial charge in [-0.3, -0.25) is 9.79 Å². The van der Waals surface area contributed by atoms with Crippen LogP contribution in [0, 0.1) is 0 Å². The molecular formula is C14H18N2O4. The quantitative estimate of drug-likeness (QED) is 0.725. The number of methoxy groups -OCH3 is 1. The number of allylic oxidation sites excluding steroid dienone is 2. The van der Waals surface area contributed by atoms with Crippen LogP contribution in [-0.2, 0) is 19.0 Å². The van der Waals surface area contributed by atoms with Gasteiger partial charge in [-0.15, -0.1) is 0 Å². The standard InChI is InChI=1S/C14H18N2O4/c1-10(18-3)8-15-12-4-5-13(17)16(11(12)2)9-14-19-6-7-20-14/h4-5,8,14H,2,6-7,9H2,1,3H3/b10-8+,15-12?. The number of amides is 1. The van der Waals surface area contributed by atoms with Crippen LogP contribution in [0.1, 0.15) is 6.92 Å². The molecule has 0 saturated carbocycles. The van der Waals surface area contributed by atoms with Gasteiger partial charge in [-0.05, 0) is 13.0 Å². The van der Waals surface area contributed by atoms with Gasteiger partial charge in [-0.25, -0.2) is 0 Å². The highest BCUT2D eigenvalue weighted by atomic mass is 16.7. The van der Waals surface area contributed by atoms with E-state index >= 15 is 0 Å². The molecule has 0 spiro atoms. The van der Waals surface area contributed by atoms with Gasteiger partial charge in [-0.1, -0.05) is 6.58 Å². The molecule has 0 aliphatic carbocycles. The zero-order chi connectivity index (χ0) is 14.5. The third kappa shape index (κ3) is 3.34. The Hall–Kier alpha value is -1.92. The summed E-state index contributed by atoms with van der Waals surface area (Å²) in [5, 5.41) is 0. The van der Waals surface area contributed by atoms with Gasteiger partial charge in [0.25, 0.3) is 5.91 Å². The highest BCUT2D eigenvalue weighted by Crippen LogP contribution is 2.16. The number of hydrogen-bond donors (Lipinski definition) is 0. The lowest BCUT2D eigenvalue weighted by molar-refractivity contribution is -0.129. The van der Waals surface area contributed by atoms with E-state index in [0.29, 0.717) is 36.9 Å². The zero-order valence-electron chi connectivity index (χ0n) is 11.7. The van der Waals surface area contributed by atoms with Crippen molar-refractivity contribution in [2.24, 2.45) is 4.99 Å². The second kappa shape index (κ2) is 6.49. The molecule has 0 radical (unpaired) electrons. The first-order chi connectivity index (χ1) is 9.61. The molecule has 6 nitrogen and oxygen atoms in total. The summed E-state index contributed by atoms with van der Waals surface area (Å²) in [6.07, 6.45) is 4.27. The molecule has 1 saturated heterocycles. The Bertz CT molecular complexity index is 487. The molecule has 2 aliphatic rings. The Kier molecular flexibility index (Phi) is 4.70. The molecule has 0 unspecified atom stereocenters. The number of nitrogens with zero attached hydrogens (tertiary/aromatic N) is 2. The maximum atomic E-state index is 11.9. The SMILES string of the molecule is C=C1C(=N/C=C(\C)OC)C=CC(=O)N1CC1OCCO1. The Morgan fingerprint density at radius 1 is 1.55 bits per heavy atom. The van der Waals surface area contributed by atoms with Crippen molar-refractivity contribution < 1.29 is 19.0 Å². The van der Waals surface area contributed by atoms with Crippen LogP contribution in [0.5, 0.6) is 0 Å². The monoisotopic (exact) mass is 278 g/mol. The lowest BCUT2D eigenvalue weighted by atomic mass is 10.1. The third-order valence-electron chi connectivity index (χ3n) is 3.00. The van der Waals surface area contributed by atoms with Gasteiger partial charge in [0.1, 0.15) is 5.76 Å². The van der Waals surface area contributed by atoms with Crippen molar-refractivity contribution in [3.8, 4) is 0 Å². The van der Waals surface area contributed by atoms with E-state index < -0.39 is 6.29 Å². The van der Waals surface area contributed by atoms with E-state index in [1.54, 1.807) is 26.3 Å². The summed E-state index contributed by atoms with van der Waals surface area (Å²) in [6, 6.07) is 0. The first-order valence-electron chi connectivity index (χ1n) is 6.32. The fourth-order valence-corrected chi connectivity index (χ4v) is 1.80. The van der Waals surface area contributed by atoms with Crippen molar-refractivity contribution in [1.29, 1.82) is 0 Å². The lowest BCUT2D eigenvalue weighted by Crippen LogP contribution is -2.40. The van der Waals surface area contributed by atoms with E-state index in [4.69, 9.17) is 14.2 Å². The van der Waals surface area contributed by atoms with E-state index in [1.807, 2.05) is 0 Å². The summed E-state index contributed by atoms with van der Waals surface area (Å²) in [6.45, 7) is 7.12. The minimum absolute atomic E-state index is 0.152. The minimum Gasteiger partial charge on any atom is -0.500 e. The minimum atomic E-state index is -0.403. The number of hydrogen-bond acceptors (Lipinski definition) is 5. The van der Waals surface area contributed by atoms with Crippen LogP contribution in [0.2, 0.25) is 0 Å². The van der Waals surface area contributed by atoms with Crippen molar-refractivity contribution in [2.45, 2.75) is 13.2 Å². The molecule has 0 N–H and O–H groups in total. The first kappa shape index (κ1) is 14.5. The molecule has 2 heterocycles. The Morgan fingerprint density at radius 2 is 2.25 bits per heavy atom. The number of ether oxygens (including phenoxy) is 3. The molecule has 20 heavy (non-hydrogen) atoms. The Morgan fingerprint density at radius 3 is 2.90 bits per heavy atom. The summed E-state index contributed by atoms with van der Waals surface area (Å²) in [4.78, 5) is 17.7. The van der Waals surface area contributed by atoms with Crippen LogP contribution in [0.15, 0.2) is 41.4 Å². The highest BCUT2D eigenvalue weighted by Gasteiger charge is 2.27. The molecule has 0 aromatic rings. The van der Waals surface area contributed by atoms with Crippen molar-refractivity contribution >= 4 is 11.6 Å². The number of carbonyl (C=O) groups excluding carboxylic acids is 1. The van der Waals surface area contributed by atoms with Crippen molar-refractivity contribution in [3.05, 3.63) is 36.4 Å². The zero-order valence-corrected chi connectivity index (χ0v) is 11.7. The summed E-state index contributed by atoms with van der Waals surface area (Å²) in [7, 11) is 1.57. The van der Waals surface area contributed by atoms with Gasteiger partial charge in [-0.2, -0.15) is 0 Å². The molecule has 0 bridgehead atoms. The Labute approximate surface area is 118 Å². The third-order valence-corrected chi connectivity index (χ3v) is 3.00. The van der Waals surface area contributed by atoms with E-state index in [2.05, 4.69) is 11.6 Å². The van der Waals surface area contributed by atoms with Crippen LogP contribution in [0.4, 0.5) is 0 Å². The highest BCUT2D eigenvalue weighted by molar-refractivity contribution is 6.16. The topological polar surface area (TPSA) is 60.4 Å². The van der Waals surface area contributed by atoms with Gasteiger partial charge >= 0.3 is 0 Å². The predicted molar refractivity (Wildman–Crippen MR) is 73.9 cm³/mol. The fourth-order valence-electron chi connectivity index (χ4n) is 1.80. The first-order valence-corrected chi connectivity index (χ1v) is 6.32. The molecule has 1 fully saturated rings. The maximum absolute atomic E-state index is 11.9. The maximum Gasteiger partial charge on any atom is 0.251 e. The largest absolute Gasteiger partial charge is 0.500 e. The molecule has 2 rings (SSSR count). The smallest absolute Gasteiger partial charge is 0.251 e. The van der Waals surface area contributed by atoms with Crippen molar-refractivity contribution in [3.63, 3.8) is 0 Å². The predicted octanol–water partition coefficient (Wildman–Crippen LogP) is 1.22. The average molecular weight is 278 g/mol. The van der Waals surface area contributed by atoms with E-state index in [-0.39, 0.29) is 5.91 Å². The molecular weight excluding hydrogens is 260 g/mol. The summed E-state index contributed by atoms with van der Waals surface area (Å²) < 4.78 is 15.7. The normalized spacial score (nSPS) is 23.0. The van der Waals surface area contributed by atoms with E-state index in [0.717, 1.165) is 0 Å². The number of rotatable bonds is 4. The molecule has 0 aromatic carbocycles. The number of carbonyl (C=O) groups is 1. The Balaban J connectivity index is 2.12. The van der Waals surface area contributed by atoms with Gasteiger partial charge in [0.05, 0.1) is 44.5 Å². The van der Waals surface area contributed by atoms with Gasteiger partial charge < -0.3 is 19.1 Å². The van der Waals surface area contributed by atoms with Crippen molar-refractivity contribution in [1.82, 2.24) is 4.90 Å². The van der Waals surface area contributed by atoms with Crippen LogP contribution in [0.3, 0.4) is 0 Å². The van der Waals surface area contributed by atoms with Gasteiger partial charge in [0.15, 0.2) is 6.29 Å².